The van der Waals surface area contributed by atoms with Crippen LogP contribution in [0.1, 0.15) is 24.0 Å². The van der Waals surface area contributed by atoms with Crippen molar-refractivity contribution in [1.82, 2.24) is 4.31 Å². The number of rotatable bonds is 6. The third-order valence-corrected chi connectivity index (χ3v) is 7.82. The van der Waals surface area contributed by atoms with Crippen molar-refractivity contribution in [3.05, 3.63) is 71.8 Å². The van der Waals surface area contributed by atoms with Gasteiger partial charge < -0.3 is 14.9 Å². The number of nitrogens with zero attached hydrogens (tertiary/aromatic N) is 1. The van der Waals surface area contributed by atoms with Crippen molar-refractivity contribution in [2.24, 2.45) is 0 Å². The molecule has 1 heterocycles. The number of hydrogen-bond donors (Lipinski definition) is 2. The van der Waals surface area contributed by atoms with Gasteiger partial charge in [0.1, 0.15) is 18.4 Å². The Labute approximate surface area is 186 Å². The number of ether oxygens (including phenoxy) is 1. The van der Waals surface area contributed by atoms with Gasteiger partial charge in [-0.25, -0.2) is 8.42 Å². The van der Waals surface area contributed by atoms with Gasteiger partial charge in [0.15, 0.2) is 0 Å². The Balaban J connectivity index is 1.52. The van der Waals surface area contributed by atoms with E-state index in [1.54, 1.807) is 12.1 Å². The molecular formula is C24H25NO6S. The third-order valence-electron chi connectivity index (χ3n) is 5.90. The summed E-state index contributed by atoms with van der Waals surface area (Å²) in [5.74, 6) is -0.752. The predicted octanol–water partition coefficient (Wildman–Crippen LogP) is 3.33. The van der Waals surface area contributed by atoms with E-state index in [1.165, 1.54) is 12.1 Å². The Morgan fingerprint density at radius 1 is 1.09 bits per heavy atom. The van der Waals surface area contributed by atoms with Crippen molar-refractivity contribution in [2.45, 2.75) is 43.4 Å². The quantitative estimate of drug-likeness (QED) is 0.591. The number of carbonyl (C=O) groups is 1. The zero-order chi connectivity index (χ0) is 22.9. The summed E-state index contributed by atoms with van der Waals surface area (Å²) in [6.45, 7) is 2.32. The molecule has 1 fully saturated rings. The molecule has 1 aliphatic rings. The van der Waals surface area contributed by atoms with Crippen LogP contribution in [0.4, 0.5) is 0 Å². The van der Waals surface area contributed by atoms with E-state index in [0.717, 1.165) is 26.2 Å². The largest absolute Gasteiger partial charge is 0.489 e. The highest BCUT2D eigenvalue weighted by Gasteiger charge is 2.40. The minimum absolute atomic E-state index is 0.00571. The van der Waals surface area contributed by atoms with E-state index in [9.17, 15) is 23.4 Å². The summed E-state index contributed by atoms with van der Waals surface area (Å²) in [6.07, 6.45) is -0.745. The molecule has 0 aromatic heterocycles. The number of fused-ring (bicyclic) bond motifs is 1. The maximum absolute atomic E-state index is 13.0. The summed E-state index contributed by atoms with van der Waals surface area (Å²) < 4.78 is 32.9. The number of aliphatic hydroxyl groups is 1. The van der Waals surface area contributed by atoms with Crippen molar-refractivity contribution in [3.8, 4) is 5.75 Å². The lowest BCUT2D eigenvalue weighted by atomic mass is 10.0. The maximum atomic E-state index is 13.0. The highest BCUT2D eigenvalue weighted by atomic mass is 32.2. The molecule has 3 aromatic carbocycles. The molecule has 2 atom stereocenters. The lowest BCUT2D eigenvalue weighted by Gasteiger charge is -2.34. The predicted molar refractivity (Wildman–Crippen MR) is 120 cm³/mol. The van der Waals surface area contributed by atoms with E-state index in [-0.39, 0.29) is 24.3 Å². The molecule has 0 amide bonds. The van der Waals surface area contributed by atoms with Crippen LogP contribution in [0.3, 0.4) is 0 Å². The summed E-state index contributed by atoms with van der Waals surface area (Å²) in [6, 6.07) is 16.9. The summed E-state index contributed by atoms with van der Waals surface area (Å²) in [4.78, 5) is 11.5. The molecule has 8 heteroatoms. The first kappa shape index (κ1) is 22.3. The Bertz CT molecular complexity index is 1240. The molecule has 0 aliphatic carbocycles. The number of aliphatic hydroxyl groups excluding tert-OH is 1. The smallest absolute Gasteiger partial charge is 0.322 e. The lowest BCUT2D eigenvalue weighted by Crippen LogP contribution is -2.51. The number of aryl methyl sites for hydroxylation is 1. The molecule has 1 saturated heterocycles. The fourth-order valence-electron chi connectivity index (χ4n) is 4.07. The minimum atomic E-state index is -4.01. The van der Waals surface area contributed by atoms with E-state index in [1.807, 2.05) is 37.3 Å². The maximum Gasteiger partial charge on any atom is 0.322 e. The second-order valence-electron chi connectivity index (χ2n) is 7.99. The van der Waals surface area contributed by atoms with Gasteiger partial charge in [0.25, 0.3) is 0 Å². The number of hydrogen-bond acceptors (Lipinski definition) is 5. The molecular weight excluding hydrogens is 430 g/mol. The van der Waals surface area contributed by atoms with Crippen molar-refractivity contribution in [3.63, 3.8) is 0 Å². The molecule has 0 saturated carbocycles. The molecule has 0 spiro atoms. The van der Waals surface area contributed by atoms with Gasteiger partial charge in [0, 0.05) is 18.5 Å². The van der Waals surface area contributed by atoms with Crippen LogP contribution in [0.5, 0.6) is 5.75 Å². The van der Waals surface area contributed by atoms with E-state index >= 15 is 0 Å². The van der Waals surface area contributed by atoms with Crippen molar-refractivity contribution in [1.29, 1.82) is 0 Å². The molecule has 4 rings (SSSR count). The summed E-state index contributed by atoms with van der Waals surface area (Å²) >= 11 is 0. The van der Waals surface area contributed by atoms with Gasteiger partial charge in [-0.2, -0.15) is 4.31 Å². The third kappa shape index (κ3) is 4.34. The van der Waals surface area contributed by atoms with Gasteiger partial charge in [0.05, 0.1) is 11.0 Å². The minimum Gasteiger partial charge on any atom is -0.489 e. The number of benzene rings is 3. The normalized spacial score (nSPS) is 19.7. The van der Waals surface area contributed by atoms with E-state index < -0.39 is 28.1 Å². The molecule has 0 bridgehead atoms. The van der Waals surface area contributed by atoms with Crippen LogP contribution in [0, 0.1) is 6.92 Å². The van der Waals surface area contributed by atoms with Crippen LogP contribution < -0.4 is 4.74 Å². The Kier molecular flexibility index (Phi) is 6.19. The van der Waals surface area contributed by atoms with Crippen LogP contribution in [0.15, 0.2) is 65.6 Å². The molecule has 32 heavy (non-hydrogen) atoms. The molecule has 1 aliphatic heterocycles. The topological polar surface area (TPSA) is 104 Å². The zero-order valence-electron chi connectivity index (χ0n) is 17.6. The fraction of sp³-hybridized carbons (Fsp3) is 0.292. The molecule has 0 radical (unpaired) electrons. The monoisotopic (exact) mass is 455 g/mol. The number of sulfonamides is 1. The summed E-state index contributed by atoms with van der Waals surface area (Å²) in [5, 5.41) is 21.4. The van der Waals surface area contributed by atoms with Gasteiger partial charge in [-0.05, 0) is 53.9 Å². The first-order chi connectivity index (χ1) is 15.3. The Morgan fingerprint density at radius 2 is 1.81 bits per heavy atom. The van der Waals surface area contributed by atoms with Gasteiger partial charge in [0.2, 0.25) is 10.0 Å². The van der Waals surface area contributed by atoms with Crippen LogP contribution in [0.25, 0.3) is 10.8 Å². The number of carboxylic acids is 1. The van der Waals surface area contributed by atoms with Gasteiger partial charge in [-0.1, -0.05) is 36.4 Å². The average Bonchev–Trinajstić information content (AvgIpc) is 2.78. The van der Waals surface area contributed by atoms with Crippen LogP contribution in [0.2, 0.25) is 0 Å². The highest BCUT2D eigenvalue weighted by Crippen LogP contribution is 2.28. The Morgan fingerprint density at radius 3 is 2.53 bits per heavy atom. The lowest BCUT2D eigenvalue weighted by molar-refractivity contribution is -0.143. The fourth-order valence-corrected chi connectivity index (χ4v) is 5.68. The van der Waals surface area contributed by atoms with Crippen LogP contribution >= 0.6 is 0 Å². The van der Waals surface area contributed by atoms with Gasteiger partial charge in [-0.3, -0.25) is 4.79 Å². The molecule has 168 valence electrons. The van der Waals surface area contributed by atoms with Crippen LogP contribution in [-0.2, 0) is 21.4 Å². The molecule has 3 aromatic rings. The van der Waals surface area contributed by atoms with Crippen molar-refractivity contribution in [2.75, 3.05) is 6.54 Å². The average molecular weight is 456 g/mol. The number of carboxylic acid groups (broad SMARTS) is 1. The number of piperidine rings is 1. The van der Waals surface area contributed by atoms with Crippen molar-refractivity contribution < 1.29 is 28.2 Å². The molecule has 2 unspecified atom stereocenters. The number of aliphatic carboxylic acids is 1. The summed E-state index contributed by atoms with van der Waals surface area (Å²) in [7, 11) is -4.01. The summed E-state index contributed by atoms with van der Waals surface area (Å²) in [5.41, 5.74) is 2.17. The Hall–Kier alpha value is -2.94. The SMILES string of the molecule is Cc1ccc2ccccc2c1COc1ccc(S(=O)(=O)N2CCC(O)CC2C(=O)O)cc1. The van der Waals surface area contributed by atoms with E-state index in [4.69, 9.17) is 4.74 Å². The second-order valence-corrected chi connectivity index (χ2v) is 9.88. The molecule has 2 N–H and O–H groups in total. The van der Waals surface area contributed by atoms with E-state index in [0.29, 0.717) is 12.4 Å². The van der Waals surface area contributed by atoms with Crippen LogP contribution in [-0.4, -0.2) is 47.6 Å². The second kappa shape index (κ2) is 8.90. The zero-order valence-corrected chi connectivity index (χ0v) is 18.5. The highest BCUT2D eigenvalue weighted by molar-refractivity contribution is 7.89. The van der Waals surface area contributed by atoms with Crippen molar-refractivity contribution >= 4 is 26.8 Å². The first-order valence-corrected chi connectivity index (χ1v) is 11.8. The van der Waals surface area contributed by atoms with Gasteiger partial charge in [-0.15, -0.1) is 0 Å². The van der Waals surface area contributed by atoms with E-state index in [2.05, 4.69) is 6.07 Å². The standard InChI is InChI=1S/C24H25NO6S/c1-16-6-7-17-4-2-3-5-21(17)22(16)15-31-19-8-10-20(11-9-19)32(29,30)25-13-12-18(26)14-23(25)24(27)28/h2-11,18,23,26H,12-15H2,1H3,(H,27,28). The van der Waals surface area contributed by atoms with Gasteiger partial charge >= 0.3 is 5.97 Å². The first-order valence-electron chi connectivity index (χ1n) is 10.4. The molecule has 7 nitrogen and oxygen atoms in total.